The molecule has 0 fully saturated rings. The van der Waals surface area contributed by atoms with Crippen LogP contribution in [0.25, 0.3) is 0 Å². The van der Waals surface area contributed by atoms with Crippen LogP contribution in [0, 0.1) is 13.8 Å². The van der Waals surface area contributed by atoms with Gasteiger partial charge in [-0.15, -0.1) is 0 Å². The fraction of sp³-hybridized carbons (Fsp3) is 0.212. The SMILES string of the molecule is Cc1ccc2c(c1)N(Cc1ccc(C[N+]3=C(CC4=[N+](C)c5ccccc5C4)Cc4ccccc43)cc1)c1cc(C)ccc1N2Cc1ccc(C[N+]2=C(CC3=[N+](C)c4ccccc4C3)Cc3ccccc32)cc1. The molecule has 0 spiro atoms. The van der Waals surface area contributed by atoms with Crippen molar-refractivity contribution in [3.05, 3.63) is 238 Å². The summed E-state index contributed by atoms with van der Waals surface area (Å²) in [5.41, 5.74) is 29.8. The van der Waals surface area contributed by atoms with Gasteiger partial charge in [0.2, 0.25) is 22.7 Å². The van der Waals surface area contributed by atoms with Crippen molar-refractivity contribution in [2.75, 3.05) is 23.9 Å². The minimum absolute atomic E-state index is 0.783. The number of nitrogens with zero attached hydrogens (tertiary/aromatic N) is 6. The summed E-state index contributed by atoms with van der Waals surface area (Å²) in [5.74, 6) is 0. The lowest BCUT2D eigenvalue weighted by atomic mass is 10.0. The highest BCUT2D eigenvalue weighted by atomic mass is 15.3. The number of para-hydroxylation sites is 4. The molecule has 0 bridgehead atoms. The first kappa shape index (κ1) is 44.0. The number of fused-ring (bicyclic) bond motifs is 6. The second-order valence-electron chi connectivity index (χ2n) is 20.9. The van der Waals surface area contributed by atoms with Crippen LogP contribution < -0.4 is 9.80 Å². The molecule has 6 nitrogen and oxygen atoms in total. The van der Waals surface area contributed by atoms with Crippen molar-refractivity contribution in [1.82, 2.24) is 0 Å². The normalized spacial score (nSPS) is 15.3. The first-order valence-corrected chi connectivity index (χ1v) is 25.9. The Kier molecular flexibility index (Phi) is 11.0. The highest BCUT2D eigenvalue weighted by molar-refractivity contribution is 6.06. The molecule has 72 heavy (non-hydrogen) atoms. The Balaban J connectivity index is 0.750. The Morgan fingerprint density at radius 1 is 0.347 bits per heavy atom. The van der Waals surface area contributed by atoms with Gasteiger partial charge >= 0.3 is 0 Å². The quantitative estimate of drug-likeness (QED) is 0.114. The fourth-order valence-corrected chi connectivity index (χ4v) is 12.3. The molecule has 8 aromatic carbocycles. The Bertz CT molecular complexity index is 3570. The lowest BCUT2D eigenvalue weighted by Crippen LogP contribution is -2.29. The molecule has 5 aliphatic heterocycles. The maximum Gasteiger partial charge on any atom is 0.209 e. The summed E-state index contributed by atoms with van der Waals surface area (Å²) in [6.45, 7) is 7.73. The molecule has 0 amide bonds. The number of hydrogen-bond acceptors (Lipinski definition) is 2. The van der Waals surface area contributed by atoms with E-state index in [2.05, 4.69) is 238 Å². The predicted octanol–water partition coefficient (Wildman–Crippen LogP) is 13.7. The van der Waals surface area contributed by atoms with Crippen molar-refractivity contribution in [2.45, 2.75) is 78.6 Å². The van der Waals surface area contributed by atoms with Crippen LogP contribution >= 0.6 is 0 Å². The summed E-state index contributed by atoms with van der Waals surface area (Å²) in [5, 5.41) is 0. The molecule has 5 heterocycles. The summed E-state index contributed by atoms with van der Waals surface area (Å²) in [7, 11) is 4.48. The Labute approximate surface area is 424 Å². The maximum absolute atomic E-state index is 2.59. The molecule has 13 rings (SSSR count). The van der Waals surface area contributed by atoms with Crippen molar-refractivity contribution < 1.29 is 18.3 Å². The third-order valence-corrected chi connectivity index (χ3v) is 16.2. The molecule has 0 atom stereocenters. The van der Waals surface area contributed by atoms with E-state index in [0.717, 1.165) is 64.7 Å². The number of anilines is 4. The number of aryl methyl sites for hydroxylation is 2. The molecule has 0 saturated carbocycles. The van der Waals surface area contributed by atoms with Crippen molar-refractivity contribution in [3.8, 4) is 0 Å². The molecule has 0 aliphatic carbocycles. The highest BCUT2D eigenvalue weighted by Gasteiger charge is 2.37. The average Bonchev–Trinajstić information content (AvgIpc) is 4.13. The summed E-state index contributed by atoms with van der Waals surface area (Å²) in [4.78, 5) is 5.09. The lowest BCUT2D eigenvalue weighted by molar-refractivity contribution is -0.456. The van der Waals surface area contributed by atoms with Gasteiger partial charge in [0.15, 0.2) is 35.9 Å². The third-order valence-electron chi connectivity index (χ3n) is 16.2. The molecular formula is C66H62N6+4. The van der Waals surface area contributed by atoms with Crippen molar-refractivity contribution in [3.63, 3.8) is 0 Å². The maximum atomic E-state index is 2.59. The molecule has 8 aromatic rings. The predicted molar refractivity (Wildman–Crippen MR) is 296 cm³/mol. The number of benzene rings is 8. The van der Waals surface area contributed by atoms with E-state index in [-0.39, 0.29) is 0 Å². The van der Waals surface area contributed by atoms with E-state index < -0.39 is 0 Å². The minimum Gasteiger partial charge on any atom is -0.334 e. The average molecular weight is 939 g/mol. The smallest absolute Gasteiger partial charge is 0.209 e. The highest BCUT2D eigenvalue weighted by Crippen LogP contribution is 2.50. The summed E-state index contributed by atoms with van der Waals surface area (Å²) in [6, 6.07) is 68.6. The van der Waals surface area contributed by atoms with Crippen LogP contribution in [0.4, 0.5) is 45.5 Å². The van der Waals surface area contributed by atoms with E-state index in [1.165, 1.54) is 124 Å². The van der Waals surface area contributed by atoms with E-state index in [0.29, 0.717) is 0 Å². The van der Waals surface area contributed by atoms with Gasteiger partial charge in [-0.2, -0.15) is 9.15 Å². The van der Waals surface area contributed by atoms with Gasteiger partial charge in [-0.05, 0) is 60.4 Å². The van der Waals surface area contributed by atoms with Gasteiger partial charge in [-0.1, -0.05) is 133 Å². The molecule has 352 valence electrons. The zero-order chi connectivity index (χ0) is 48.5. The lowest BCUT2D eigenvalue weighted by Gasteiger charge is -2.41. The van der Waals surface area contributed by atoms with E-state index >= 15 is 0 Å². The van der Waals surface area contributed by atoms with Crippen molar-refractivity contribution in [1.29, 1.82) is 0 Å². The summed E-state index contributed by atoms with van der Waals surface area (Å²) in [6.07, 6.45) is 6.00. The topological polar surface area (TPSA) is 18.5 Å². The van der Waals surface area contributed by atoms with Crippen LogP contribution in [0.1, 0.15) is 68.5 Å². The van der Waals surface area contributed by atoms with Gasteiger partial charge < -0.3 is 9.80 Å². The molecule has 0 radical (unpaired) electrons. The summed E-state index contributed by atoms with van der Waals surface area (Å²) < 4.78 is 10.0. The van der Waals surface area contributed by atoms with Crippen molar-refractivity contribution in [2.24, 2.45) is 0 Å². The van der Waals surface area contributed by atoms with Crippen molar-refractivity contribution >= 4 is 68.3 Å². The zero-order valence-corrected chi connectivity index (χ0v) is 42.1. The first-order chi connectivity index (χ1) is 35.3. The van der Waals surface area contributed by atoms with Crippen LogP contribution in [0.2, 0.25) is 0 Å². The number of hydrogen-bond donors (Lipinski definition) is 0. The number of rotatable bonds is 12. The van der Waals surface area contributed by atoms with E-state index in [4.69, 9.17) is 0 Å². The van der Waals surface area contributed by atoms with Gasteiger partial charge in [-0.3, -0.25) is 0 Å². The molecule has 0 N–H and O–H groups in total. The molecule has 5 aliphatic rings. The monoisotopic (exact) mass is 939 g/mol. The standard InChI is InChI=1S/C66H62N6/c1-45-21-31-63-65(33-45)72(44-50-29-25-48(26-30-50)42-70-58(38-54-16-8-12-20-62(54)70)40-56-36-52-14-6-10-18-60(52)68(56)4)66-34-46(2)22-32-64(66)71(63)43-49-27-23-47(24-28-49)41-69-57(37-53-15-7-11-19-61(53)69)39-55-35-51-13-5-9-17-59(51)67(55)3/h5-34H,35-44H2,1-4H3/q+4. The van der Waals surface area contributed by atoms with Gasteiger partial charge in [0.05, 0.1) is 48.4 Å². The van der Waals surface area contributed by atoms with Crippen LogP contribution in [0.15, 0.2) is 182 Å². The van der Waals surface area contributed by atoms with E-state index in [1.807, 2.05) is 0 Å². The molecule has 0 saturated heterocycles. The van der Waals surface area contributed by atoms with Gasteiger partial charge in [0, 0.05) is 70.7 Å². The molecule has 0 unspecified atom stereocenters. The van der Waals surface area contributed by atoms with Gasteiger partial charge in [0.1, 0.15) is 26.9 Å². The Hall–Kier alpha value is -7.96. The van der Waals surface area contributed by atoms with Crippen LogP contribution in [0.5, 0.6) is 0 Å². The Morgan fingerprint density at radius 2 is 0.681 bits per heavy atom. The van der Waals surface area contributed by atoms with Gasteiger partial charge in [0.25, 0.3) is 0 Å². The zero-order valence-electron chi connectivity index (χ0n) is 42.1. The molecule has 0 aromatic heterocycles. The second kappa shape index (κ2) is 18.0. The molecular weight excluding hydrogens is 877 g/mol. The first-order valence-electron chi connectivity index (χ1n) is 25.9. The van der Waals surface area contributed by atoms with Gasteiger partial charge in [-0.25, -0.2) is 9.15 Å². The fourth-order valence-electron chi connectivity index (χ4n) is 12.3. The largest absolute Gasteiger partial charge is 0.334 e. The Morgan fingerprint density at radius 3 is 1.08 bits per heavy atom. The van der Waals surface area contributed by atoms with Crippen LogP contribution in [0.3, 0.4) is 0 Å². The van der Waals surface area contributed by atoms with E-state index in [9.17, 15) is 0 Å². The third kappa shape index (κ3) is 7.99. The minimum atomic E-state index is 0.783. The second-order valence-corrected chi connectivity index (χ2v) is 20.9. The summed E-state index contributed by atoms with van der Waals surface area (Å²) >= 11 is 0. The molecule has 6 heteroatoms. The van der Waals surface area contributed by atoms with Crippen LogP contribution in [-0.4, -0.2) is 55.2 Å². The van der Waals surface area contributed by atoms with Crippen LogP contribution in [-0.2, 0) is 51.9 Å². The van der Waals surface area contributed by atoms with E-state index in [1.54, 1.807) is 0 Å².